The summed E-state index contributed by atoms with van der Waals surface area (Å²) in [5, 5.41) is 1.19. The summed E-state index contributed by atoms with van der Waals surface area (Å²) in [5.41, 5.74) is 1.15. The zero-order chi connectivity index (χ0) is 12.5. The van der Waals surface area contributed by atoms with Crippen LogP contribution in [0.4, 0.5) is 0 Å². The Bertz CT molecular complexity index is 581. The Hall–Kier alpha value is -1.22. The van der Waals surface area contributed by atoms with E-state index < -0.39 is 0 Å². The third kappa shape index (κ3) is 1.97. The van der Waals surface area contributed by atoms with Gasteiger partial charge in [-0.15, -0.1) is 11.3 Å². The lowest BCUT2D eigenvalue weighted by molar-refractivity contribution is 0.0893. The van der Waals surface area contributed by atoms with Crippen molar-refractivity contribution in [2.75, 3.05) is 0 Å². The van der Waals surface area contributed by atoms with Crippen molar-refractivity contribution in [2.45, 2.75) is 39.0 Å². The zero-order valence-corrected chi connectivity index (χ0v) is 11.4. The van der Waals surface area contributed by atoms with Crippen LogP contribution in [0.15, 0.2) is 18.5 Å². The van der Waals surface area contributed by atoms with Crippen LogP contribution in [0.2, 0.25) is 0 Å². The second kappa shape index (κ2) is 4.81. The molecule has 0 bridgehead atoms. The van der Waals surface area contributed by atoms with Gasteiger partial charge in [0.25, 0.3) is 0 Å². The largest absolute Gasteiger partial charge is 0.293 e. The number of rotatable bonds is 2. The number of nitrogens with zero attached hydrogens (tertiary/aromatic N) is 1. The molecule has 2 heterocycles. The Morgan fingerprint density at radius 2 is 2.11 bits per heavy atom. The van der Waals surface area contributed by atoms with E-state index in [1.807, 2.05) is 12.3 Å². The second-order valence-electron chi connectivity index (χ2n) is 5.13. The van der Waals surface area contributed by atoms with Gasteiger partial charge >= 0.3 is 0 Å². The van der Waals surface area contributed by atoms with Crippen molar-refractivity contribution in [3.8, 4) is 0 Å². The number of carbonyl (C=O) groups excluding carboxylic acids is 1. The number of carbonyl (C=O) groups is 1. The third-order valence-electron chi connectivity index (χ3n) is 3.94. The molecule has 2 aromatic heterocycles. The van der Waals surface area contributed by atoms with Gasteiger partial charge in [-0.05, 0) is 36.8 Å². The number of thiophene rings is 1. The summed E-state index contributed by atoms with van der Waals surface area (Å²) in [4.78, 5) is 17.7. The fraction of sp³-hybridized carbons (Fsp3) is 0.467. The molecule has 0 aliphatic heterocycles. The van der Waals surface area contributed by atoms with E-state index in [1.165, 1.54) is 24.6 Å². The van der Waals surface area contributed by atoms with Crippen molar-refractivity contribution in [3.05, 3.63) is 28.9 Å². The van der Waals surface area contributed by atoms with Crippen molar-refractivity contribution in [2.24, 2.45) is 5.92 Å². The van der Waals surface area contributed by atoms with Crippen molar-refractivity contribution >= 4 is 27.2 Å². The van der Waals surface area contributed by atoms with Gasteiger partial charge in [-0.25, -0.2) is 0 Å². The summed E-state index contributed by atoms with van der Waals surface area (Å²) >= 11 is 1.61. The van der Waals surface area contributed by atoms with Crippen molar-refractivity contribution in [1.29, 1.82) is 0 Å². The molecule has 0 amide bonds. The summed E-state index contributed by atoms with van der Waals surface area (Å²) in [5.74, 6) is 0.631. The number of hydrogen-bond donors (Lipinski definition) is 0. The maximum atomic E-state index is 12.6. The first-order chi connectivity index (χ1) is 8.77. The maximum Gasteiger partial charge on any atom is 0.176 e. The second-order valence-corrected chi connectivity index (χ2v) is 6.18. The lowest BCUT2D eigenvalue weighted by Gasteiger charge is -2.19. The van der Waals surface area contributed by atoms with Crippen LogP contribution in [0.5, 0.6) is 0 Å². The van der Waals surface area contributed by atoms with Gasteiger partial charge in [0.05, 0.1) is 9.58 Å². The molecule has 3 rings (SSSR count). The average molecular weight is 259 g/mol. The number of aryl methyl sites for hydroxylation is 1. The molecule has 0 spiro atoms. The van der Waals surface area contributed by atoms with Crippen LogP contribution < -0.4 is 0 Å². The van der Waals surface area contributed by atoms with E-state index in [4.69, 9.17) is 0 Å². The van der Waals surface area contributed by atoms with E-state index in [-0.39, 0.29) is 5.92 Å². The Balaban J connectivity index is 1.98. The molecule has 0 N–H and O–H groups in total. The quantitative estimate of drug-likeness (QED) is 0.750. The van der Waals surface area contributed by atoms with Gasteiger partial charge in [-0.2, -0.15) is 0 Å². The molecular weight excluding hydrogens is 242 g/mol. The fourth-order valence-corrected chi connectivity index (χ4v) is 4.06. The summed E-state index contributed by atoms with van der Waals surface area (Å²) < 4.78 is 1.13. The molecular formula is C15H17NOS. The highest BCUT2D eigenvalue weighted by Gasteiger charge is 2.25. The predicted octanol–water partition coefficient (Wildman–Crippen LogP) is 4.37. The van der Waals surface area contributed by atoms with Crippen LogP contribution in [0.1, 0.15) is 47.3 Å². The van der Waals surface area contributed by atoms with Gasteiger partial charge in [0.1, 0.15) is 0 Å². The van der Waals surface area contributed by atoms with Crippen molar-refractivity contribution in [3.63, 3.8) is 0 Å². The van der Waals surface area contributed by atoms with E-state index in [2.05, 4.69) is 11.9 Å². The number of pyridine rings is 1. The summed E-state index contributed by atoms with van der Waals surface area (Å²) in [6.45, 7) is 2.06. The van der Waals surface area contributed by atoms with Gasteiger partial charge in [0, 0.05) is 18.3 Å². The minimum Gasteiger partial charge on any atom is -0.293 e. The van der Waals surface area contributed by atoms with Gasteiger partial charge in [0.15, 0.2) is 5.78 Å². The summed E-state index contributed by atoms with van der Waals surface area (Å²) in [6.07, 6.45) is 9.53. The fourth-order valence-electron chi connectivity index (χ4n) is 2.87. The van der Waals surface area contributed by atoms with E-state index in [9.17, 15) is 4.79 Å². The third-order valence-corrected chi connectivity index (χ3v) is 5.20. The lowest BCUT2D eigenvalue weighted by atomic mass is 9.85. The molecule has 18 heavy (non-hydrogen) atoms. The van der Waals surface area contributed by atoms with Crippen LogP contribution >= 0.6 is 11.3 Å². The van der Waals surface area contributed by atoms with Crippen LogP contribution in [-0.2, 0) is 0 Å². The maximum absolute atomic E-state index is 12.6. The first kappa shape index (κ1) is 11.8. The van der Waals surface area contributed by atoms with Crippen LogP contribution in [-0.4, -0.2) is 10.8 Å². The first-order valence-electron chi connectivity index (χ1n) is 6.64. The molecule has 2 aromatic rings. The standard InChI is InChI=1S/C15H17NOS/c1-10-12-7-8-16-9-13(12)18-15(10)14(17)11-5-3-2-4-6-11/h7-9,11H,2-6H2,1H3. The molecule has 0 saturated heterocycles. The van der Waals surface area contributed by atoms with Crippen molar-refractivity contribution < 1.29 is 4.79 Å². The van der Waals surface area contributed by atoms with E-state index >= 15 is 0 Å². The highest BCUT2D eigenvalue weighted by molar-refractivity contribution is 7.21. The van der Waals surface area contributed by atoms with Gasteiger partial charge in [0.2, 0.25) is 0 Å². The molecule has 94 valence electrons. The molecule has 0 unspecified atom stereocenters. The Morgan fingerprint density at radius 3 is 2.83 bits per heavy atom. The highest BCUT2D eigenvalue weighted by atomic mass is 32.1. The monoisotopic (exact) mass is 259 g/mol. The van der Waals surface area contributed by atoms with Gasteiger partial charge in [-0.3, -0.25) is 9.78 Å². The molecule has 2 nitrogen and oxygen atoms in total. The van der Waals surface area contributed by atoms with Crippen molar-refractivity contribution in [1.82, 2.24) is 4.98 Å². The summed E-state index contributed by atoms with van der Waals surface area (Å²) in [7, 11) is 0. The smallest absolute Gasteiger partial charge is 0.176 e. The molecule has 0 radical (unpaired) electrons. The normalized spacial score (nSPS) is 17.2. The minimum atomic E-state index is 0.262. The van der Waals surface area contributed by atoms with E-state index in [0.29, 0.717) is 5.78 Å². The lowest BCUT2D eigenvalue weighted by Crippen LogP contribution is -2.17. The number of aromatic nitrogens is 1. The van der Waals surface area contributed by atoms with E-state index in [0.717, 1.165) is 28.0 Å². The molecule has 1 saturated carbocycles. The Morgan fingerprint density at radius 1 is 1.33 bits per heavy atom. The van der Waals surface area contributed by atoms with Gasteiger partial charge < -0.3 is 0 Å². The minimum absolute atomic E-state index is 0.262. The number of Topliss-reactive ketones (excluding diaryl/α,β-unsaturated/α-hetero) is 1. The zero-order valence-electron chi connectivity index (χ0n) is 10.6. The predicted molar refractivity (Wildman–Crippen MR) is 75.3 cm³/mol. The van der Waals surface area contributed by atoms with E-state index in [1.54, 1.807) is 17.5 Å². The highest BCUT2D eigenvalue weighted by Crippen LogP contribution is 2.35. The molecule has 0 atom stereocenters. The Labute approximate surface area is 111 Å². The first-order valence-corrected chi connectivity index (χ1v) is 7.46. The topological polar surface area (TPSA) is 30.0 Å². The molecule has 1 fully saturated rings. The van der Waals surface area contributed by atoms with Gasteiger partial charge in [-0.1, -0.05) is 19.3 Å². The number of hydrogen-bond acceptors (Lipinski definition) is 3. The SMILES string of the molecule is Cc1c(C(=O)C2CCCCC2)sc2cnccc12. The van der Waals surface area contributed by atoms with Crippen LogP contribution in [0, 0.1) is 12.8 Å². The van der Waals surface area contributed by atoms with Crippen LogP contribution in [0.25, 0.3) is 10.1 Å². The number of fused-ring (bicyclic) bond motifs is 1. The Kier molecular flexibility index (Phi) is 3.16. The molecule has 1 aliphatic carbocycles. The van der Waals surface area contributed by atoms with Crippen LogP contribution in [0.3, 0.4) is 0 Å². The number of ketones is 1. The molecule has 1 aliphatic rings. The summed E-state index contributed by atoms with van der Waals surface area (Å²) in [6, 6.07) is 2.01. The molecule has 0 aromatic carbocycles. The average Bonchev–Trinajstić information content (AvgIpc) is 2.77. The molecule has 3 heteroatoms.